The number of likely N-dealkylation sites (tertiary alicyclic amines) is 1. The third-order valence-corrected chi connectivity index (χ3v) is 4.91. The van der Waals surface area contributed by atoms with Gasteiger partial charge in [0.25, 0.3) is 5.91 Å². The molecule has 3 N–H and O–H groups in total. The molecule has 0 aliphatic carbocycles. The fraction of sp³-hybridized carbons (Fsp3) is 0.500. The summed E-state index contributed by atoms with van der Waals surface area (Å²) in [5.41, 5.74) is 8.19. The highest BCUT2D eigenvalue weighted by atomic mass is 32.1. The first-order valence-electron chi connectivity index (χ1n) is 7.23. The van der Waals surface area contributed by atoms with Crippen LogP contribution >= 0.6 is 12.2 Å². The number of thiocarbonyl (C=S) groups is 1. The second-order valence-corrected chi connectivity index (χ2v) is 6.39. The summed E-state index contributed by atoms with van der Waals surface area (Å²) in [7, 11) is 2.07. The molecular formula is C16H23N3OS. The number of carbonyl (C=O) groups is 1. The molecule has 1 aromatic rings. The Labute approximate surface area is 131 Å². The van der Waals surface area contributed by atoms with Crippen molar-refractivity contribution in [2.24, 2.45) is 5.73 Å². The Balaban J connectivity index is 2.23. The fourth-order valence-corrected chi connectivity index (χ4v) is 2.97. The molecule has 1 aliphatic heterocycles. The predicted octanol–water partition coefficient (Wildman–Crippen LogP) is 1.78. The zero-order chi connectivity index (χ0) is 15.6. The molecule has 0 spiro atoms. The largest absolute Gasteiger partial charge is 0.391 e. The van der Waals surface area contributed by atoms with Gasteiger partial charge in [-0.2, -0.15) is 0 Å². The van der Waals surface area contributed by atoms with Gasteiger partial charge in [0.2, 0.25) is 0 Å². The Morgan fingerprint density at radius 2 is 1.95 bits per heavy atom. The molecule has 0 unspecified atom stereocenters. The number of benzene rings is 1. The molecule has 21 heavy (non-hydrogen) atoms. The number of carbonyl (C=O) groups excluding carboxylic acids is 1. The van der Waals surface area contributed by atoms with Gasteiger partial charge < -0.3 is 16.0 Å². The molecule has 2 rings (SSSR count). The van der Waals surface area contributed by atoms with E-state index in [1.807, 2.05) is 32.0 Å². The van der Waals surface area contributed by atoms with E-state index in [-0.39, 0.29) is 5.91 Å². The molecule has 1 fully saturated rings. The molecule has 0 saturated carbocycles. The van der Waals surface area contributed by atoms with Crippen molar-refractivity contribution in [3.8, 4) is 0 Å². The predicted molar refractivity (Wildman–Crippen MR) is 89.6 cm³/mol. The van der Waals surface area contributed by atoms with Crippen molar-refractivity contribution in [3.05, 3.63) is 34.9 Å². The molecule has 114 valence electrons. The maximum atomic E-state index is 12.6. The van der Waals surface area contributed by atoms with E-state index in [1.54, 1.807) is 0 Å². The number of hydrogen-bond acceptors (Lipinski definition) is 3. The SMILES string of the molecule is Cc1cccc(C(=O)NC2(C(N)=S)CCN(C)CC2)c1C. The lowest BCUT2D eigenvalue weighted by molar-refractivity contribution is 0.0889. The molecule has 0 radical (unpaired) electrons. The molecule has 5 heteroatoms. The van der Waals surface area contributed by atoms with Crippen LogP contribution in [0.5, 0.6) is 0 Å². The topological polar surface area (TPSA) is 58.4 Å². The number of rotatable bonds is 3. The smallest absolute Gasteiger partial charge is 0.252 e. The van der Waals surface area contributed by atoms with E-state index < -0.39 is 5.54 Å². The highest BCUT2D eigenvalue weighted by molar-refractivity contribution is 7.80. The average molecular weight is 305 g/mol. The van der Waals surface area contributed by atoms with Crippen LogP contribution in [0.4, 0.5) is 0 Å². The molecule has 4 nitrogen and oxygen atoms in total. The lowest BCUT2D eigenvalue weighted by Crippen LogP contribution is -2.61. The van der Waals surface area contributed by atoms with E-state index >= 15 is 0 Å². The first kappa shape index (κ1) is 15.9. The Bertz CT molecular complexity index is 563. The van der Waals surface area contributed by atoms with Gasteiger partial charge in [0.1, 0.15) is 0 Å². The van der Waals surface area contributed by atoms with Gasteiger partial charge in [-0.05, 0) is 50.9 Å². The minimum Gasteiger partial charge on any atom is -0.391 e. The van der Waals surface area contributed by atoms with E-state index in [9.17, 15) is 4.79 Å². The third-order valence-electron chi connectivity index (χ3n) is 4.51. The summed E-state index contributed by atoms with van der Waals surface area (Å²) in [4.78, 5) is 15.2. The second kappa shape index (κ2) is 6.12. The number of hydrogen-bond donors (Lipinski definition) is 2. The maximum Gasteiger partial charge on any atom is 0.252 e. The lowest BCUT2D eigenvalue weighted by Gasteiger charge is -2.40. The maximum absolute atomic E-state index is 12.6. The molecule has 1 aliphatic rings. The number of aryl methyl sites for hydroxylation is 1. The summed E-state index contributed by atoms with van der Waals surface area (Å²) in [5, 5.41) is 3.10. The van der Waals surface area contributed by atoms with Gasteiger partial charge in [0, 0.05) is 18.7 Å². The van der Waals surface area contributed by atoms with Crippen LogP contribution in [0, 0.1) is 13.8 Å². The lowest BCUT2D eigenvalue weighted by atomic mass is 9.87. The van der Waals surface area contributed by atoms with Crippen molar-refractivity contribution in [1.82, 2.24) is 10.2 Å². The number of nitrogens with zero attached hydrogens (tertiary/aromatic N) is 1. The van der Waals surface area contributed by atoms with Crippen molar-refractivity contribution >= 4 is 23.1 Å². The van der Waals surface area contributed by atoms with Gasteiger partial charge in [-0.25, -0.2) is 0 Å². The highest BCUT2D eigenvalue weighted by Gasteiger charge is 2.38. The quantitative estimate of drug-likeness (QED) is 0.836. The standard InChI is InChI=1S/C16H23N3OS/c1-11-5-4-6-13(12(11)2)14(20)18-16(15(17)21)7-9-19(3)10-8-16/h4-6H,7-10H2,1-3H3,(H2,17,21)(H,18,20). The summed E-state index contributed by atoms with van der Waals surface area (Å²) in [6.45, 7) is 5.73. The summed E-state index contributed by atoms with van der Waals surface area (Å²) in [6, 6.07) is 5.75. The van der Waals surface area contributed by atoms with Crippen LogP contribution in [0.2, 0.25) is 0 Å². The van der Waals surface area contributed by atoms with Gasteiger partial charge in [-0.1, -0.05) is 24.4 Å². The second-order valence-electron chi connectivity index (χ2n) is 5.95. The Morgan fingerprint density at radius 3 is 2.52 bits per heavy atom. The molecule has 0 bridgehead atoms. The van der Waals surface area contributed by atoms with E-state index in [4.69, 9.17) is 18.0 Å². The molecule has 0 atom stereocenters. The Kier molecular flexibility index (Phi) is 4.64. The highest BCUT2D eigenvalue weighted by Crippen LogP contribution is 2.23. The van der Waals surface area contributed by atoms with Crippen LogP contribution in [0.25, 0.3) is 0 Å². The third kappa shape index (κ3) is 3.24. The Hall–Kier alpha value is -1.46. The normalized spacial score (nSPS) is 18.2. The van der Waals surface area contributed by atoms with Gasteiger partial charge in [0.15, 0.2) is 0 Å². The fourth-order valence-electron chi connectivity index (χ4n) is 2.71. The summed E-state index contributed by atoms with van der Waals surface area (Å²) < 4.78 is 0. The van der Waals surface area contributed by atoms with Gasteiger partial charge in [-0.3, -0.25) is 4.79 Å². The average Bonchev–Trinajstić information content (AvgIpc) is 2.44. The number of nitrogens with one attached hydrogen (secondary N) is 1. The minimum atomic E-state index is -0.560. The van der Waals surface area contributed by atoms with Crippen molar-refractivity contribution in [2.45, 2.75) is 32.2 Å². The number of nitrogens with two attached hydrogens (primary N) is 1. The van der Waals surface area contributed by atoms with Crippen LogP contribution in [0.3, 0.4) is 0 Å². The number of piperidine rings is 1. The first-order chi connectivity index (χ1) is 9.85. The van der Waals surface area contributed by atoms with Gasteiger partial charge >= 0.3 is 0 Å². The van der Waals surface area contributed by atoms with E-state index in [0.29, 0.717) is 10.6 Å². The van der Waals surface area contributed by atoms with Crippen molar-refractivity contribution < 1.29 is 4.79 Å². The molecule has 1 saturated heterocycles. The first-order valence-corrected chi connectivity index (χ1v) is 7.64. The zero-order valence-corrected chi connectivity index (χ0v) is 13.7. The summed E-state index contributed by atoms with van der Waals surface area (Å²) in [5.74, 6) is -0.0893. The minimum absolute atomic E-state index is 0.0893. The van der Waals surface area contributed by atoms with Crippen LogP contribution in [0.15, 0.2) is 18.2 Å². The van der Waals surface area contributed by atoms with E-state index in [2.05, 4.69) is 17.3 Å². The number of amides is 1. The van der Waals surface area contributed by atoms with Crippen molar-refractivity contribution in [2.75, 3.05) is 20.1 Å². The molecule has 0 aromatic heterocycles. The van der Waals surface area contributed by atoms with Crippen LogP contribution < -0.4 is 11.1 Å². The van der Waals surface area contributed by atoms with Crippen LogP contribution in [0.1, 0.15) is 34.3 Å². The zero-order valence-electron chi connectivity index (χ0n) is 12.9. The van der Waals surface area contributed by atoms with E-state index in [0.717, 1.165) is 37.1 Å². The van der Waals surface area contributed by atoms with Gasteiger partial charge in [-0.15, -0.1) is 0 Å². The monoisotopic (exact) mass is 305 g/mol. The molecular weight excluding hydrogens is 282 g/mol. The van der Waals surface area contributed by atoms with Crippen LogP contribution in [-0.2, 0) is 0 Å². The summed E-state index contributed by atoms with van der Waals surface area (Å²) in [6.07, 6.45) is 1.52. The molecule has 1 heterocycles. The molecule has 1 amide bonds. The Morgan fingerprint density at radius 1 is 1.33 bits per heavy atom. The molecule has 1 aromatic carbocycles. The van der Waals surface area contributed by atoms with Crippen molar-refractivity contribution in [1.29, 1.82) is 0 Å². The summed E-state index contributed by atoms with van der Waals surface area (Å²) >= 11 is 5.24. The van der Waals surface area contributed by atoms with E-state index in [1.165, 1.54) is 0 Å². The van der Waals surface area contributed by atoms with Crippen molar-refractivity contribution in [3.63, 3.8) is 0 Å². The van der Waals surface area contributed by atoms with Gasteiger partial charge in [0.05, 0.1) is 10.5 Å². The van der Waals surface area contributed by atoms with Crippen LogP contribution in [-0.4, -0.2) is 41.5 Å².